The van der Waals surface area contributed by atoms with Crippen molar-refractivity contribution in [2.24, 2.45) is 5.92 Å². The molecule has 3 amide bonds. The lowest BCUT2D eigenvalue weighted by Crippen LogP contribution is -2.22. The summed E-state index contributed by atoms with van der Waals surface area (Å²) in [4.78, 5) is 33.0. The standard InChI is InChI=1S/C12H14N2O5.C6H12O/c1-17-7-4-6(5-8(18-2)10(7)19-3)9-11(15)14-12(16)13-9;1-5(2)4-6(3)7/h4-5,9H,1-3H3,(H2,13,14,15,16);5H,4H2,1-3H3. The number of hydrogen-bond acceptors (Lipinski definition) is 6. The largest absolute Gasteiger partial charge is 0.493 e. The number of rotatable bonds is 6. The molecule has 2 rings (SSSR count). The quantitative estimate of drug-likeness (QED) is 0.748. The van der Waals surface area contributed by atoms with Gasteiger partial charge in [-0.2, -0.15) is 0 Å². The third-order valence-electron chi connectivity index (χ3n) is 3.49. The summed E-state index contributed by atoms with van der Waals surface area (Å²) < 4.78 is 15.6. The zero-order chi connectivity index (χ0) is 19.9. The highest BCUT2D eigenvalue weighted by Gasteiger charge is 2.32. The highest BCUT2D eigenvalue weighted by Crippen LogP contribution is 2.40. The molecule has 0 radical (unpaired) electrons. The van der Waals surface area contributed by atoms with E-state index in [2.05, 4.69) is 10.6 Å². The number of imide groups is 1. The van der Waals surface area contributed by atoms with Gasteiger partial charge in [0.05, 0.1) is 21.3 Å². The number of methoxy groups -OCH3 is 3. The Morgan fingerprint density at radius 2 is 1.62 bits per heavy atom. The van der Waals surface area contributed by atoms with Crippen LogP contribution >= 0.6 is 0 Å². The first-order chi connectivity index (χ1) is 12.2. The molecule has 1 aliphatic rings. The van der Waals surface area contributed by atoms with Crippen LogP contribution in [0, 0.1) is 5.92 Å². The van der Waals surface area contributed by atoms with Gasteiger partial charge >= 0.3 is 6.03 Å². The number of carbonyl (C=O) groups excluding carboxylic acids is 3. The molecule has 0 aromatic heterocycles. The van der Waals surface area contributed by atoms with Crippen LogP contribution in [0.25, 0.3) is 0 Å². The third kappa shape index (κ3) is 5.65. The Morgan fingerprint density at radius 1 is 1.08 bits per heavy atom. The van der Waals surface area contributed by atoms with E-state index < -0.39 is 18.0 Å². The summed E-state index contributed by atoms with van der Waals surface area (Å²) >= 11 is 0. The molecule has 0 aliphatic carbocycles. The van der Waals surface area contributed by atoms with E-state index in [1.807, 2.05) is 13.8 Å². The summed E-state index contributed by atoms with van der Waals surface area (Å²) in [5.74, 6) is 1.67. The van der Waals surface area contributed by atoms with Gasteiger partial charge in [-0.15, -0.1) is 0 Å². The topological polar surface area (TPSA) is 103 Å². The zero-order valence-electron chi connectivity index (χ0n) is 16.0. The lowest BCUT2D eigenvalue weighted by atomic mass is 10.1. The Hall–Kier alpha value is -2.77. The maximum atomic E-state index is 11.6. The van der Waals surface area contributed by atoms with Crippen LogP contribution in [-0.4, -0.2) is 39.1 Å². The summed E-state index contributed by atoms with van der Waals surface area (Å²) in [7, 11) is 4.45. The minimum absolute atomic E-state index is 0.287. The number of ketones is 1. The van der Waals surface area contributed by atoms with Crippen LogP contribution in [0.4, 0.5) is 4.79 Å². The van der Waals surface area contributed by atoms with Crippen LogP contribution in [0.15, 0.2) is 12.1 Å². The summed E-state index contributed by atoms with van der Waals surface area (Å²) in [5.41, 5.74) is 0.554. The number of hydrogen-bond donors (Lipinski definition) is 2. The van der Waals surface area contributed by atoms with Gasteiger partial charge in [-0.05, 0) is 30.5 Å². The van der Waals surface area contributed by atoms with Crippen LogP contribution in [0.3, 0.4) is 0 Å². The maximum absolute atomic E-state index is 11.6. The third-order valence-corrected chi connectivity index (χ3v) is 3.49. The van der Waals surface area contributed by atoms with E-state index in [9.17, 15) is 14.4 Å². The van der Waals surface area contributed by atoms with Gasteiger partial charge in [-0.1, -0.05) is 13.8 Å². The van der Waals surface area contributed by atoms with Crippen molar-refractivity contribution >= 4 is 17.7 Å². The van der Waals surface area contributed by atoms with Gasteiger partial charge in [-0.25, -0.2) is 4.79 Å². The lowest BCUT2D eigenvalue weighted by molar-refractivity contribution is -0.120. The number of carbonyl (C=O) groups is 3. The molecule has 1 unspecified atom stereocenters. The molecule has 1 atom stereocenters. The van der Waals surface area contributed by atoms with E-state index in [-0.39, 0.29) is 5.78 Å². The molecule has 144 valence electrons. The van der Waals surface area contributed by atoms with E-state index in [0.29, 0.717) is 28.7 Å². The summed E-state index contributed by atoms with van der Waals surface area (Å²) in [6.45, 7) is 5.71. The van der Waals surface area contributed by atoms with Gasteiger partial charge in [0.2, 0.25) is 5.75 Å². The number of amides is 3. The van der Waals surface area contributed by atoms with Crippen molar-refractivity contribution in [1.82, 2.24) is 10.6 Å². The Morgan fingerprint density at radius 3 is 1.88 bits per heavy atom. The molecule has 1 aliphatic heterocycles. The van der Waals surface area contributed by atoms with Crippen LogP contribution in [0.5, 0.6) is 17.2 Å². The van der Waals surface area contributed by atoms with E-state index in [1.54, 1.807) is 19.1 Å². The van der Waals surface area contributed by atoms with Crippen molar-refractivity contribution in [2.45, 2.75) is 33.2 Å². The molecule has 0 bridgehead atoms. The summed E-state index contributed by atoms with van der Waals surface area (Å²) in [5, 5.41) is 4.68. The normalized spacial score (nSPS) is 15.6. The Kier molecular flexibility index (Phi) is 7.89. The SMILES string of the molecule is CC(=O)CC(C)C.COc1cc(C2NC(=O)NC2=O)cc(OC)c1OC. The molecule has 1 aromatic rings. The second-order valence-electron chi connectivity index (χ2n) is 6.15. The first kappa shape index (κ1) is 21.3. The maximum Gasteiger partial charge on any atom is 0.322 e. The minimum atomic E-state index is -0.763. The molecular weight excluding hydrogens is 340 g/mol. The Bertz CT molecular complexity index is 647. The van der Waals surface area contributed by atoms with E-state index >= 15 is 0 Å². The van der Waals surface area contributed by atoms with Crippen molar-refractivity contribution in [3.63, 3.8) is 0 Å². The zero-order valence-corrected chi connectivity index (χ0v) is 16.0. The highest BCUT2D eigenvalue weighted by molar-refractivity contribution is 6.04. The second-order valence-corrected chi connectivity index (χ2v) is 6.15. The summed E-state index contributed by atoms with van der Waals surface area (Å²) in [6.07, 6.45) is 0.722. The Balaban J connectivity index is 0.000000412. The number of benzene rings is 1. The van der Waals surface area contributed by atoms with Crippen molar-refractivity contribution in [3.8, 4) is 17.2 Å². The fourth-order valence-corrected chi connectivity index (χ4v) is 2.49. The molecular formula is C18H26N2O6. The van der Waals surface area contributed by atoms with Gasteiger partial charge in [0.1, 0.15) is 11.8 Å². The molecule has 0 spiro atoms. The van der Waals surface area contributed by atoms with Gasteiger partial charge in [0.15, 0.2) is 11.5 Å². The average molecular weight is 366 g/mol. The average Bonchev–Trinajstić information content (AvgIpc) is 2.91. The predicted octanol–water partition coefficient (Wildman–Crippen LogP) is 2.21. The summed E-state index contributed by atoms with van der Waals surface area (Å²) in [6, 6.07) is 1.96. The van der Waals surface area contributed by atoms with Crippen LogP contribution in [0.2, 0.25) is 0 Å². The molecule has 8 heteroatoms. The number of nitrogens with one attached hydrogen (secondary N) is 2. The molecule has 8 nitrogen and oxygen atoms in total. The van der Waals surface area contributed by atoms with E-state index in [1.165, 1.54) is 21.3 Å². The van der Waals surface area contributed by atoms with Gasteiger partial charge in [0.25, 0.3) is 5.91 Å². The van der Waals surface area contributed by atoms with Crippen LogP contribution < -0.4 is 24.8 Å². The second kappa shape index (κ2) is 9.65. The Labute approximate surface area is 153 Å². The smallest absolute Gasteiger partial charge is 0.322 e. The number of urea groups is 1. The first-order valence-corrected chi connectivity index (χ1v) is 8.14. The van der Waals surface area contributed by atoms with Gasteiger partial charge in [-0.3, -0.25) is 10.1 Å². The fraction of sp³-hybridized carbons (Fsp3) is 0.500. The molecule has 2 N–H and O–H groups in total. The molecule has 1 aromatic carbocycles. The monoisotopic (exact) mass is 366 g/mol. The van der Waals surface area contributed by atoms with Crippen molar-refractivity contribution in [1.29, 1.82) is 0 Å². The molecule has 26 heavy (non-hydrogen) atoms. The fourth-order valence-electron chi connectivity index (χ4n) is 2.49. The molecule has 0 saturated carbocycles. The van der Waals surface area contributed by atoms with Crippen molar-refractivity contribution in [3.05, 3.63) is 17.7 Å². The number of Topliss-reactive ketones (excluding diaryl/α,β-unsaturated/α-hetero) is 1. The van der Waals surface area contributed by atoms with Crippen LogP contribution in [0.1, 0.15) is 38.8 Å². The van der Waals surface area contributed by atoms with E-state index in [0.717, 1.165) is 6.42 Å². The van der Waals surface area contributed by atoms with Gasteiger partial charge < -0.3 is 24.3 Å². The predicted molar refractivity (Wildman–Crippen MR) is 95.6 cm³/mol. The molecule has 1 fully saturated rings. The van der Waals surface area contributed by atoms with Gasteiger partial charge in [0, 0.05) is 6.42 Å². The van der Waals surface area contributed by atoms with Crippen molar-refractivity contribution < 1.29 is 28.6 Å². The highest BCUT2D eigenvalue weighted by atomic mass is 16.5. The van der Waals surface area contributed by atoms with Crippen molar-refractivity contribution in [2.75, 3.05) is 21.3 Å². The molecule has 1 saturated heterocycles. The lowest BCUT2D eigenvalue weighted by Gasteiger charge is -2.16. The van der Waals surface area contributed by atoms with Crippen LogP contribution in [-0.2, 0) is 9.59 Å². The first-order valence-electron chi connectivity index (χ1n) is 8.14. The molecule has 1 heterocycles. The number of ether oxygens (including phenoxy) is 3. The van der Waals surface area contributed by atoms with E-state index in [4.69, 9.17) is 14.2 Å². The minimum Gasteiger partial charge on any atom is -0.493 e.